The number of esters is 1. The fraction of sp³-hybridized carbons (Fsp3) is 0.286. The largest absolute Gasteiger partial charge is 0.461 e. The molecule has 2 aromatic carbocycles. The monoisotopic (exact) mass is 479 g/mol. The normalized spacial score (nSPS) is 16.4. The van der Waals surface area contributed by atoms with Crippen molar-refractivity contribution in [2.45, 2.75) is 44.7 Å². The molecule has 6 nitrogen and oxygen atoms in total. The van der Waals surface area contributed by atoms with Crippen molar-refractivity contribution < 1.29 is 22.7 Å². The summed E-state index contributed by atoms with van der Waals surface area (Å²) in [7, 11) is -3.91. The van der Waals surface area contributed by atoms with E-state index in [2.05, 4.69) is 20.7 Å². The lowest BCUT2D eigenvalue weighted by Gasteiger charge is -2.29. The number of ether oxygens (including phenoxy) is 2. The molecule has 1 N–H and O–H groups in total. The van der Waals surface area contributed by atoms with Crippen LogP contribution in [-0.2, 0) is 19.6 Å². The Morgan fingerprint density at radius 3 is 2.41 bits per heavy atom. The molecule has 0 aromatic heterocycles. The summed E-state index contributed by atoms with van der Waals surface area (Å²) in [6, 6.07) is 10.8. The van der Waals surface area contributed by atoms with Gasteiger partial charge in [0.25, 0.3) is 0 Å². The molecule has 2 aromatic rings. The molecule has 0 aliphatic carbocycles. The van der Waals surface area contributed by atoms with Crippen molar-refractivity contribution >= 4 is 31.9 Å². The lowest BCUT2D eigenvalue weighted by Crippen LogP contribution is -2.36. The minimum absolute atomic E-state index is 0.111. The van der Waals surface area contributed by atoms with Gasteiger partial charge in [0.2, 0.25) is 10.0 Å². The zero-order valence-electron chi connectivity index (χ0n) is 16.5. The Morgan fingerprint density at radius 2 is 1.79 bits per heavy atom. The molecule has 1 aliphatic heterocycles. The summed E-state index contributed by atoms with van der Waals surface area (Å²) in [5.74, 6) is 0.144. The third kappa shape index (κ3) is 4.71. The molecule has 29 heavy (non-hydrogen) atoms. The van der Waals surface area contributed by atoms with E-state index in [1.54, 1.807) is 51.1 Å². The van der Waals surface area contributed by atoms with Crippen molar-refractivity contribution in [3.8, 4) is 5.75 Å². The minimum Gasteiger partial charge on any atom is -0.461 e. The van der Waals surface area contributed by atoms with E-state index in [0.29, 0.717) is 17.1 Å². The van der Waals surface area contributed by atoms with Crippen molar-refractivity contribution in [2.75, 3.05) is 0 Å². The average Bonchev–Trinajstić information content (AvgIpc) is 2.61. The van der Waals surface area contributed by atoms with Crippen molar-refractivity contribution in [2.24, 2.45) is 0 Å². The number of allylic oxidation sites excluding steroid dienone is 1. The fourth-order valence-electron chi connectivity index (χ4n) is 3.02. The van der Waals surface area contributed by atoms with Crippen LogP contribution in [0.5, 0.6) is 5.75 Å². The maximum absolute atomic E-state index is 13.1. The van der Waals surface area contributed by atoms with Gasteiger partial charge in [0.15, 0.2) is 0 Å². The Bertz CT molecular complexity index is 1070. The molecule has 0 amide bonds. The SMILES string of the molecule is CC1=C(C(=O)OC(C)C)[C@H](NS(=O)(=O)c2ccc(C)cc2)c2cc(Br)ccc2O1. The van der Waals surface area contributed by atoms with Crippen molar-refractivity contribution in [3.05, 3.63) is 69.4 Å². The number of hydrogen-bond acceptors (Lipinski definition) is 5. The van der Waals surface area contributed by atoms with Gasteiger partial charge in [0.1, 0.15) is 11.5 Å². The van der Waals surface area contributed by atoms with Crippen LogP contribution in [0.4, 0.5) is 0 Å². The number of halogens is 1. The highest BCUT2D eigenvalue weighted by Gasteiger charge is 2.37. The highest BCUT2D eigenvalue weighted by Crippen LogP contribution is 2.40. The molecule has 8 heteroatoms. The van der Waals surface area contributed by atoms with Crippen molar-refractivity contribution in [1.82, 2.24) is 4.72 Å². The van der Waals surface area contributed by atoms with Crippen molar-refractivity contribution in [1.29, 1.82) is 0 Å². The van der Waals surface area contributed by atoms with E-state index < -0.39 is 22.0 Å². The number of hydrogen-bond donors (Lipinski definition) is 1. The van der Waals surface area contributed by atoms with Crippen LogP contribution in [0.25, 0.3) is 0 Å². The van der Waals surface area contributed by atoms with Gasteiger partial charge in [0, 0.05) is 10.0 Å². The lowest BCUT2D eigenvalue weighted by molar-refractivity contribution is -0.143. The van der Waals surface area contributed by atoms with E-state index in [-0.39, 0.29) is 16.6 Å². The molecule has 1 aliphatic rings. The van der Waals surface area contributed by atoms with Crippen LogP contribution in [0, 0.1) is 6.92 Å². The highest BCUT2D eigenvalue weighted by molar-refractivity contribution is 9.10. The third-order valence-electron chi connectivity index (χ3n) is 4.38. The van der Waals surface area contributed by atoms with Crippen LogP contribution in [-0.4, -0.2) is 20.5 Å². The van der Waals surface area contributed by atoms with Crippen LogP contribution in [0.2, 0.25) is 0 Å². The maximum Gasteiger partial charge on any atom is 0.339 e. The number of benzene rings is 2. The Kier molecular flexibility index (Phi) is 6.16. The summed E-state index contributed by atoms with van der Waals surface area (Å²) < 4.78 is 40.7. The van der Waals surface area contributed by atoms with Gasteiger partial charge >= 0.3 is 5.97 Å². The number of carbonyl (C=O) groups excluding carboxylic acids is 1. The first-order valence-electron chi connectivity index (χ1n) is 9.06. The van der Waals surface area contributed by atoms with E-state index in [1.807, 2.05) is 6.92 Å². The van der Waals surface area contributed by atoms with Gasteiger partial charge in [-0.1, -0.05) is 33.6 Å². The maximum atomic E-state index is 13.1. The van der Waals surface area contributed by atoms with E-state index in [9.17, 15) is 13.2 Å². The summed E-state index contributed by atoms with van der Waals surface area (Å²) in [5.41, 5.74) is 1.59. The second kappa shape index (κ2) is 8.30. The summed E-state index contributed by atoms with van der Waals surface area (Å²) in [6.07, 6.45) is -0.360. The Labute approximate surface area is 179 Å². The predicted molar refractivity (Wildman–Crippen MR) is 113 cm³/mol. The molecule has 0 fully saturated rings. The second-order valence-electron chi connectivity index (χ2n) is 7.08. The molecule has 0 saturated heterocycles. The number of rotatable bonds is 5. The van der Waals surface area contributed by atoms with E-state index in [0.717, 1.165) is 10.0 Å². The van der Waals surface area contributed by atoms with Gasteiger partial charge in [-0.15, -0.1) is 0 Å². The molecule has 154 valence electrons. The van der Waals surface area contributed by atoms with E-state index >= 15 is 0 Å². The molecule has 0 radical (unpaired) electrons. The summed E-state index contributed by atoms with van der Waals surface area (Å²) in [5, 5.41) is 0. The first-order chi connectivity index (χ1) is 13.6. The van der Waals surface area contributed by atoms with Gasteiger partial charge < -0.3 is 9.47 Å². The lowest BCUT2D eigenvalue weighted by atomic mass is 9.95. The summed E-state index contributed by atoms with van der Waals surface area (Å²) in [6.45, 7) is 6.96. The Hall–Kier alpha value is -2.16. The summed E-state index contributed by atoms with van der Waals surface area (Å²) in [4.78, 5) is 12.9. The standard InChI is InChI=1S/C21H22BrNO5S/c1-12(2)27-21(24)19-14(4)28-18-10-7-15(22)11-17(18)20(19)23-29(25,26)16-8-5-13(3)6-9-16/h5-12,20,23H,1-4H3/t20-/m1/s1. The first-order valence-corrected chi connectivity index (χ1v) is 11.3. The topological polar surface area (TPSA) is 81.7 Å². The van der Waals surface area contributed by atoms with Crippen LogP contribution in [0.1, 0.15) is 37.9 Å². The molecule has 3 rings (SSSR count). The number of aryl methyl sites for hydroxylation is 1. The average molecular weight is 480 g/mol. The van der Waals surface area contributed by atoms with Gasteiger partial charge in [-0.25, -0.2) is 13.2 Å². The number of carbonyl (C=O) groups is 1. The molecular formula is C21H22BrNO5S. The zero-order valence-corrected chi connectivity index (χ0v) is 18.9. The van der Waals surface area contributed by atoms with Gasteiger partial charge in [-0.3, -0.25) is 0 Å². The van der Waals surface area contributed by atoms with Gasteiger partial charge in [0.05, 0.1) is 22.6 Å². The molecule has 1 heterocycles. The zero-order chi connectivity index (χ0) is 21.3. The second-order valence-corrected chi connectivity index (χ2v) is 9.71. The van der Waals surface area contributed by atoms with E-state index in [1.165, 1.54) is 12.1 Å². The summed E-state index contributed by atoms with van der Waals surface area (Å²) >= 11 is 3.40. The predicted octanol–water partition coefficient (Wildman–Crippen LogP) is 4.40. The molecule has 0 bridgehead atoms. The van der Waals surface area contributed by atoms with Gasteiger partial charge in [-0.2, -0.15) is 4.72 Å². The van der Waals surface area contributed by atoms with Crippen molar-refractivity contribution in [3.63, 3.8) is 0 Å². The van der Waals surface area contributed by atoms with E-state index in [4.69, 9.17) is 9.47 Å². The number of sulfonamides is 1. The third-order valence-corrected chi connectivity index (χ3v) is 6.31. The minimum atomic E-state index is -3.91. The van der Waals surface area contributed by atoms with Crippen LogP contribution < -0.4 is 9.46 Å². The molecule has 0 saturated carbocycles. The molecule has 1 atom stereocenters. The van der Waals surface area contributed by atoms with Crippen LogP contribution in [0.15, 0.2) is 63.2 Å². The smallest absolute Gasteiger partial charge is 0.339 e. The van der Waals surface area contributed by atoms with Gasteiger partial charge in [-0.05, 0) is 58.0 Å². The number of nitrogens with one attached hydrogen (secondary N) is 1. The highest BCUT2D eigenvalue weighted by atomic mass is 79.9. The van der Waals surface area contributed by atoms with Crippen LogP contribution >= 0.6 is 15.9 Å². The number of fused-ring (bicyclic) bond motifs is 1. The Morgan fingerprint density at radius 1 is 1.14 bits per heavy atom. The first kappa shape index (κ1) is 21.5. The Balaban J connectivity index is 2.09. The van der Waals surface area contributed by atoms with Crippen LogP contribution in [0.3, 0.4) is 0 Å². The molecular weight excluding hydrogens is 458 g/mol. The molecule has 0 unspecified atom stereocenters. The quantitative estimate of drug-likeness (QED) is 0.642. The molecule has 0 spiro atoms. The fourth-order valence-corrected chi connectivity index (χ4v) is 4.58.